The molecular formula is C7H9NO3. The van der Waals surface area contributed by atoms with Gasteiger partial charge in [0.15, 0.2) is 0 Å². The number of hydrogen-bond donors (Lipinski definition) is 1. The molecule has 4 heteroatoms. The molecule has 4 nitrogen and oxygen atoms in total. The summed E-state index contributed by atoms with van der Waals surface area (Å²) >= 11 is 0. The van der Waals surface area contributed by atoms with Crippen LogP contribution in [0.2, 0.25) is 0 Å². The van der Waals surface area contributed by atoms with Gasteiger partial charge in [-0.1, -0.05) is 6.58 Å². The molecule has 0 spiro atoms. The number of carbonyl (C=O) groups is 2. The SMILES string of the molecule is C=C1CC(C(=O)OC)NC1=O. The van der Waals surface area contributed by atoms with Crippen LogP contribution in [0.1, 0.15) is 6.42 Å². The van der Waals surface area contributed by atoms with Gasteiger partial charge in [0.1, 0.15) is 6.04 Å². The van der Waals surface area contributed by atoms with Crippen LogP contribution in [-0.4, -0.2) is 25.0 Å². The van der Waals surface area contributed by atoms with Gasteiger partial charge in [-0.3, -0.25) is 4.79 Å². The van der Waals surface area contributed by atoms with Crippen molar-refractivity contribution in [2.24, 2.45) is 0 Å². The van der Waals surface area contributed by atoms with Crippen LogP contribution in [0.25, 0.3) is 0 Å². The van der Waals surface area contributed by atoms with E-state index in [1.165, 1.54) is 7.11 Å². The number of esters is 1. The second kappa shape index (κ2) is 2.74. The van der Waals surface area contributed by atoms with Gasteiger partial charge in [-0.15, -0.1) is 0 Å². The molecule has 11 heavy (non-hydrogen) atoms. The second-order valence-corrected chi connectivity index (χ2v) is 2.36. The minimum Gasteiger partial charge on any atom is -0.467 e. The lowest BCUT2D eigenvalue weighted by molar-refractivity contribution is -0.143. The molecule has 1 rings (SSSR count). The fraction of sp³-hybridized carbons (Fsp3) is 0.429. The minimum atomic E-state index is -0.528. The van der Waals surface area contributed by atoms with E-state index >= 15 is 0 Å². The van der Waals surface area contributed by atoms with Crippen molar-refractivity contribution in [3.8, 4) is 0 Å². The van der Waals surface area contributed by atoms with E-state index in [1.54, 1.807) is 0 Å². The topological polar surface area (TPSA) is 55.4 Å². The Balaban J connectivity index is 2.60. The maximum absolute atomic E-state index is 10.8. The highest BCUT2D eigenvalue weighted by molar-refractivity contribution is 5.99. The third-order valence-corrected chi connectivity index (χ3v) is 1.56. The first-order valence-corrected chi connectivity index (χ1v) is 3.21. The van der Waals surface area contributed by atoms with Gasteiger partial charge in [0.25, 0.3) is 0 Å². The average Bonchev–Trinajstić information content (AvgIpc) is 2.31. The highest BCUT2D eigenvalue weighted by atomic mass is 16.5. The molecule has 60 valence electrons. The van der Waals surface area contributed by atoms with Crippen molar-refractivity contribution < 1.29 is 14.3 Å². The molecule has 1 N–H and O–H groups in total. The highest BCUT2D eigenvalue weighted by Crippen LogP contribution is 2.12. The fourth-order valence-corrected chi connectivity index (χ4v) is 0.935. The molecule has 0 aromatic rings. The normalized spacial score (nSPS) is 23.2. The summed E-state index contributed by atoms with van der Waals surface area (Å²) in [6, 6.07) is -0.528. The molecule has 0 radical (unpaired) electrons. The summed E-state index contributed by atoms with van der Waals surface area (Å²) in [5, 5.41) is 2.44. The Hall–Kier alpha value is -1.32. The Bertz CT molecular complexity index is 206. The third kappa shape index (κ3) is 1.39. The molecule has 1 aliphatic rings. The van der Waals surface area contributed by atoms with Crippen LogP contribution in [0.5, 0.6) is 0 Å². The van der Waals surface area contributed by atoms with Gasteiger partial charge in [-0.25, -0.2) is 4.79 Å². The molecule has 1 saturated heterocycles. The van der Waals surface area contributed by atoms with Gasteiger partial charge in [0, 0.05) is 12.0 Å². The molecule has 0 aromatic carbocycles. The number of rotatable bonds is 1. The zero-order valence-electron chi connectivity index (χ0n) is 6.22. The molecule has 1 aliphatic heterocycles. The van der Waals surface area contributed by atoms with Crippen molar-refractivity contribution in [3.05, 3.63) is 12.2 Å². The summed E-state index contributed by atoms with van der Waals surface area (Å²) in [5.74, 6) is -0.683. The minimum absolute atomic E-state index is 0.264. The van der Waals surface area contributed by atoms with Gasteiger partial charge in [0.2, 0.25) is 5.91 Å². The number of amides is 1. The molecule has 0 saturated carbocycles. The Labute approximate surface area is 64.2 Å². The van der Waals surface area contributed by atoms with Gasteiger partial charge in [-0.2, -0.15) is 0 Å². The van der Waals surface area contributed by atoms with Crippen LogP contribution in [0.15, 0.2) is 12.2 Å². The van der Waals surface area contributed by atoms with Gasteiger partial charge >= 0.3 is 5.97 Å². The van der Waals surface area contributed by atoms with Gasteiger partial charge in [0.05, 0.1) is 7.11 Å². The Morgan fingerprint density at radius 1 is 1.82 bits per heavy atom. The predicted octanol–water partition coefficient (Wildman–Crippen LogP) is -0.396. The summed E-state index contributed by atoms with van der Waals surface area (Å²) in [6.45, 7) is 3.48. The zero-order valence-corrected chi connectivity index (χ0v) is 6.22. The molecule has 1 unspecified atom stereocenters. The summed E-state index contributed by atoms with van der Waals surface area (Å²) in [6.07, 6.45) is 0.353. The first-order chi connectivity index (χ1) is 5.15. The van der Waals surface area contributed by atoms with Crippen LogP contribution < -0.4 is 5.32 Å². The van der Waals surface area contributed by atoms with Crippen molar-refractivity contribution in [1.82, 2.24) is 5.32 Å². The molecule has 1 amide bonds. The van der Waals surface area contributed by atoms with Crippen molar-refractivity contribution >= 4 is 11.9 Å². The molecule has 0 aromatic heterocycles. The van der Waals surface area contributed by atoms with E-state index in [9.17, 15) is 9.59 Å². The first-order valence-electron chi connectivity index (χ1n) is 3.21. The smallest absolute Gasteiger partial charge is 0.328 e. The zero-order chi connectivity index (χ0) is 8.43. The maximum Gasteiger partial charge on any atom is 0.328 e. The number of carbonyl (C=O) groups excluding carboxylic acids is 2. The van der Waals surface area contributed by atoms with Crippen LogP contribution in [-0.2, 0) is 14.3 Å². The lowest BCUT2D eigenvalue weighted by Crippen LogP contribution is -2.33. The summed E-state index contributed by atoms with van der Waals surface area (Å²) in [5.41, 5.74) is 0.431. The van der Waals surface area contributed by atoms with E-state index in [2.05, 4.69) is 16.6 Å². The summed E-state index contributed by atoms with van der Waals surface area (Å²) < 4.78 is 4.44. The van der Waals surface area contributed by atoms with E-state index in [0.717, 1.165) is 0 Å². The average molecular weight is 155 g/mol. The van der Waals surface area contributed by atoms with Crippen molar-refractivity contribution in [3.63, 3.8) is 0 Å². The second-order valence-electron chi connectivity index (χ2n) is 2.36. The van der Waals surface area contributed by atoms with Crippen LogP contribution in [0, 0.1) is 0 Å². The standard InChI is InChI=1S/C7H9NO3/c1-4-3-5(7(10)11-2)8-6(4)9/h5H,1,3H2,2H3,(H,8,9). The lowest BCUT2D eigenvalue weighted by Gasteiger charge is -2.04. The van der Waals surface area contributed by atoms with E-state index in [-0.39, 0.29) is 5.91 Å². The Morgan fingerprint density at radius 3 is 2.82 bits per heavy atom. The van der Waals surface area contributed by atoms with Crippen LogP contribution in [0.4, 0.5) is 0 Å². The van der Waals surface area contributed by atoms with Gasteiger partial charge in [-0.05, 0) is 0 Å². The lowest BCUT2D eigenvalue weighted by atomic mass is 10.2. The molecule has 0 aliphatic carbocycles. The van der Waals surface area contributed by atoms with Crippen molar-refractivity contribution in [2.45, 2.75) is 12.5 Å². The van der Waals surface area contributed by atoms with E-state index in [0.29, 0.717) is 12.0 Å². The van der Waals surface area contributed by atoms with Crippen molar-refractivity contribution in [2.75, 3.05) is 7.11 Å². The van der Waals surface area contributed by atoms with E-state index < -0.39 is 12.0 Å². The summed E-state index contributed by atoms with van der Waals surface area (Å²) in [4.78, 5) is 21.6. The summed E-state index contributed by atoms with van der Waals surface area (Å²) in [7, 11) is 1.29. The quantitative estimate of drug-likeness (QED) is 0.414. The first kappa shape index (κ1) is 7.78. The fourth-order valence-electron chi connectivity index (χ4n) is 0.935. The number of methoxy groups -OCH3 is 1. The van der Waals surface area contributed by atoms with Gasteiger partial charge < -0.3 is 10.1 Å². The Kier molecular flexibility index (Phi) is 1.94. The largest absolute Gasteiger partial charge is 0.467 e. The number of nitrogens with one attached hydrogen (secondary N) is 1. The van der Waals surface area contributed by atoms with E-state index in [4.69, 9.17) is 0 Å². The number of ether oxygens (including phenoxy) is 1. The number of hydrogen-bond acceptors (Lipinski definition) is 3. The Morgan fingerprint density at radius 2 is 2.45 bits per heavy atom. The molecular weight excluding hydrogens is 146 g/mol. The molecule has 1 heterocycles. The highest BCUT2D eigenvalue weighted by Gasteiger charge is 2.30. The molecule has 1 atom stereocenters. The van der Waals surface area contributed by atoms with E-state index in [1.807, 2.05) is 0 Å². The molecule has 1 fully saturated rings. The predicted molar refractivity (Wildman–Crippen MR) is 37.7 cm³/mol. The van der Waals surface area contributed by atoms with Crippen LogP contribution >= 0.6 is 0 Å². The van der Waals surface area contributed by atoms with Crippen molar-refractivity contribution in [1.29, 1.82) is 0 Å². The monoisotopic (exact) mass is 155 g/mol. The molecule has 0 bridgehead atoms. The van der Waals surface area contributed by atoms with Crippen LogP contribution in [0.3, 0.4) is 0 Å². The maximum atomic E-state index is 10.8. The third-order valence-electron chi connectivity index (χ3n) is 1.56.